The highest BCUT2D eigenvalue weighted by Crippen LogP contribution is 2.26. The number of piperidine rings is 1. The number of carbonyl (C=O) groups excluding carboxylic acids is 1. The maximum atomic E-state index is 13.9. The van der Waals surface area contributed by atoms with Crippen LogP contribution < -0.4 is 5.32 Å². The van der Waals surface area contributed by atoms with E-state index in [4.69, 9.17) is 0 Å². The molecule has 1 amide bonds. The topological polar surface area (TPSA) is 73.0 Å². The maximum Gasteiger partial charge on any atom is 0.246 e. The molecule has 31 heavy (non-hydrogen) atoms. The summed E-state index contributed by atoms with van der Waals surface area (Å²) in [6.07, 6.45) is 2.66. The summed E-state index contributed by atoms with van der Waals surface area (Å²) in [5.41, 5.74) is 0. The summed E-state index contributed by atoms with van der Waals surface area (Å²) in [7, 11) is -1.99. The normalized spacial score (nSPS) is 20.1. The van der Waals surface area contributed by atoms with Crippen LogP contribution in [-0.2, 0) is 14.8 Å². The van der Waals surface area contributed by atoms with Crippen LogP contribution >= 0.6 is 0 Å². The smallest absolute Gasteiger partial charge is 0.246 e. The average molecular weight is 459 g/mol. The van der Waals surface area contributed by atoms with E-state index in [-0.39, 0.29) is 24.9 Å². The van der Waals surface area contributed by atoms with Crippen molar-refractivity contribution in [3.63, 3.8) is 0 Å². The van der Waals surface area contributed by atoms with E-state index in [0.29, 0.717) is 25.5 Å². The van der Waals surface area contributed by atoms with Gasteiger partial charge in [0.15, 0.2) is 0 Å². The second kappa shape index (κ2) is 10.8. The van der Waals surface area contributed by atoms with Gasteiger partial charge in [-0.25, -0.2) is 17.2 Å². The van der Waals surface area contributed by atoms with Crippen LogP contribution in [0.3, 0.4) is 0 Å². The summed E-state index contributed by atoms with van der Waals surface area (Å²) >= 11 is 0. The van der Waals surface area contributed by atoms with Gasteiger partial charge in [-0.3, -0.25) is 4.79 Å². The Morgan fingerprint density at radius 3 is 2.42 bits per heavy atom. The van der Waals surface area contributed by atoms with Gasteiger partial charge < -0.3 is 15.1 Å². The summed E-state index contributed by atoms with van der Waals surface area (Å²) in [6.45, 7) is 6.23. The molecular weight excluding hydrogens is 426 g/mol. The fourth-order valence-corrected chi connectivity index (χ4v) is 5.61. The van der Waals surface area contributed by atoms with E-state index in [0.717, 1.165) is 62.0 Å². The number of rotatable bonds is 8. The van der Waals surface area contributed by atoms with Gasteiger partial charge in [0.05, 0.1) is 0 Å². The van der Waals surface area contributed by atoms with E-state index in [1.165, 1.54) is 0 Å². The van der Waals surface area contributed by atoms with E-state index in [2.05, 4.69) is 22.2 Å². The highest BCUT2D eigenvalue weighted by Gasteiger charge is 2.33. The minimum atomic E-state index is -4.12. The molecule has 1 N–H and O–H groups in total. The molecule has 0 aliphatic carbocycles. The number of nitrogens with one attached hydrogen (secondary N) is 1. The van der Waals surface area contributed by atoms with Gasteiger partial charge in [0, 0.05) is 51.7 Å². The van der Waals surface area contributed by atoms with Crippen molar-refractivity contribution in [2.24, 2.45) is 5.92 Å². The molecular formula is C21H32F2N4O3S. The zero-order chi connectivity index (χ0) is 22.4. The first-order valence-corrected chi connectivity index (χ1v) is 12.3. The van der Waals surface area contributed by atoms with Crippen LogP contribution in [0.5, 0.6) is 0 Å². The van der Waals surface area contributed by atoms with Gasteiger partial charge >= 0.3 is 0 Å². The van der Waals surface area contributed by atoms with Crippen LogP contribution in [0.2, 0.25) is 0 Å². The van der Waals surface area contributed by atoms with Gasteiger partial charge in [0.2, 0.25) is 15.9 Å². The zero-order valence-electron chi connectivity index (χ0n) is 18.0. The highest BCUT2D eigenvalue weighted by atomic mass is 32.2. The fourth-order valence-electron chi connectivity index (χ4n) is 4.06. The molecule has 0 saturated carbocycles. The molecule has 0 unspecified atom stereocenters. The standard InChI is InChI=1S/C21H32F2N4O3S/c1-25-12-14-26(15-13-25)9-3-2-8-24-21(28)17-6-10-27(11-7-17)31(29,30)20-16-18(22)4-5-19(20)23/h4-5,16-17H,2-3,6-15H2,1H3,(H,24,28). The van der Waals surface area contributed by atoms with Crippen LogP contribution in [0.1, 0.15) is 25.7 Å². The Balaban J connectivity index is 1.38. The van der Waals surface area contributed by atoms with Crippen molar-refractivity contribution in [3.8, 4) is 0 Å². The molecule has 2 aliphatic rings. The molecule has 1 aromatic carbocycles. The number of halogens is 2. The van der Waals surface area contributed by atoms with Crippen molar-refractivity contribution >= 4 is 15.9 Å². The molecule has 174 valence electrons. The first kappa shape index (κ1) is 24.0. The summed E-state index contributed by atoms with van der Waals surface area (Å²) < 4.78 is 53.7. The van der Waals surface area contributed by atoms with Crippen LogP contribution in [0, 0.1) is 17.6 Å². The lowest BCUT2D eigenvalue weighted by molar-refractivity contribution is -0.126. The predicted molar refractivity (Wildman–Crippen MR) is 114 cm³/mol. The van der Waals surface area contributed by atoms with Gasteiger partial charge in [-0.1, -0.05) is 0 Å². The monoisotopic (exact) mass is 458 g/mol. The molecule has 0 atom stereocenters. The summed E-state index contributed by atoms with van der Waals surface area (Å²) in [5, 5.41) is 2.96. The van der Waals surface area contributed by atoms with E-state index in [1.54, 1.807) is 0 Å². The number of benzene rings is 1. The number of piperazine rings is 1. The molecule has 0 radical (unpaired) electrons. The second-order valence-electron chi connectivity index (χ2n) is 8.40. The highest BCUT2D eigenvalue weighted by molar-refractivity contribution is 7.89. The maximum absolute atomic E-state index is 13.9. The average Bonchev–Trinajstić information content (AvgIpc) is 2.76. The molecule has 0 spiro atoms. The summed E-state index contributed by atoms with van der Waals surface area (Å²) in [4.78, 5) is 16.5. The molecule has 3 rings (SSSR count). The molecule has 0 aromatic heterocycles. The van der Waals surface area contributed by atoms with Crippen molar-refractivity contribution in [1.29, 1.82) is 0 Å². The number of likely N-dealkylation sites (N-methyl/N-ethyl adjacent to an activating group) is 1. The lowest BCUT2D eigenvalue weighted by atomic mass is 9.97. The quantitative estimate of drug-likeness (QED) is 0.598. The molecule has 2 aliphatic heterocycles. The van der Waals surface area contributed by atoms with Crippen molar-refractivity contribution in [2.75, 3.05) is 59.4 Å². The Morgan fingerprint density at radius 2 is 1.74 bits per heavy atom. The minimum Gasteiger partial charge on any atom is -0.356 e. The third-order valence-corrected chi connectivity index (χ3v) is 8.05. The van der Waals surface area contributed by atoms with Gasteiger partial charge in [-0.05, 0) is 57.5 Å². The molecule has 1 aromatic rings. The van der Waals surface area contributed by atoms with Crippen LogP contribution in [0.4, 0.5) is 8.78 Å². The third-order valence-electron chi connectivity index (χ3n) is 6.13. The number of sulfonamides is 1. The lowest BCUT2D eigenvalue weighted by Gasteiger charge is -2.32. The van der Waals surface area contributed by atoms with E-state index in [1.807, 2.05) is 0 Å². The van der Waals surface area contributed by atoms with E-state index in [9.17, 15) is 22.0 Å². The van der Waals surface area contributed by atoms with Crippen molar-refractivity contribution in [3.05, 3.63) is 29.8 Å². The number of carbonyl (C=O) groups is 1. The predicted octanol–water partition coefficient (Wildman–Crippen LogP) is 1.51. The SMILES string of the molecule is CN1CCN(CCCCNC(=O)C2CCN(S(=O)(=O)c3cc(F)ccc3F)CC2)CC1. The first-order valence-electron chi connectivity index (χ1n) is 10.9. The van der Waals surface area contributed by atoms with Gasteiger partial charge in [-0.2, -0.15) is 4.31 Å². The Morgan fingerprint density at radius 1 is 1.06 bits per heavy atom. The zero-order valence-corrected chi connectivity index (χ0v) is 18.8. The Hall–Kier alpha value is -1.62. The van der Waals surface area contributed by atoms with Crippen LogP contribution in [-0.4, -0.2) is 87.8 Å². The van der Waals surface area contributed by atoms with Crippen LogP contribution in [0.15, 0.2) is 23.1 Å². The number of hydrogen-bond acceptors (Lipinski definition) is 5. The Bertz CT molecular complexity index is 852. The molecule has 2 fully saturated rings. The largest absolute Gasteiger partial charge is 0.356 e. The van der Waals surface area contributed by atoms with Crippen molar-refractivity contribution < 1.29 is 22.0 Å². The Labute approximate surface area is 183 Å². The summed E-state index contributed by atoms with van der Waals surface area (Å²) in [5.74, 6) is -2.10. The molecule has 2 heterocycles. The number of hydrogen-bond donors (Lipinski definition) is 1. The number of nitrogens with zero attached hydrogens (tertiary/aromatic N) is 3. The molecule has 2 saturated heterocycles. The minimum absolute atomic E-state index is 0.0615. The number of unbranched alkanes of at least 4 members (excludes halogenated alkanes) is 1. The third kappa shape index (κ3) is 6.44. The Kier molecular flexibility index (Phi) is 8.37. The lowest BCUT2D eigenvalue weighted by Crippen LogP contribution is -2.45. The van der Waals surface area contributed by atoms with Crippen LogP contribution in [0.25, 0.3) is 0 Å². The van der Waals surface area contributed by atoms with Crippen molar-refractivity contribution in [1.82, 2.24) is 19.4 Å². The first-order chi connectivity index (χ1) is 14.8. The second-order valence-corrected chi connectivity index (χ2v) is 10.3. The van der Waals surface area contributed by atoms with Gasteiger partial charge in [0.25, 0.3) is 0 Å². The molecule has 7 nitrogen and oxygen atoms in total. The van der Waals surface area contributed by atoms with E-state index < -0.39 is 26.6 Å². The van der Waals surface area contributed by atoms with Crippen molar-refractivity contribution in [2.45, 2.75) is 30.6 Å². The fraction of sp³-hybridized carbons (Fsp3) is 0.667. The molecule has 0 bridgehead atoms. The van der Waals surface area contributed by atoms with Gasteiger partial charge in [-0.15, -0.1) is 0 Å². The summed E-state index contributed by atoms with van der Waals surface area (Å²) in [6, 6.07) is 2.40. The number of amides is 1. The molecule has 10 heteroatoms. The van der Waals surface area contributed by atoms with E-state index >= 15 is 0 Å². The van der Waals surface area contributed by atoms with Gasteiger partial charge in [0.1, 0.15) is 16.5 Å².